The fourth-order valence-corrected chi connectivity index (χ4v) is 0.983. The van der Waals surface area contributed by atoms with Crippen LogP contribution in [0.3, 0.4) is 0 Å². The average molecular weight is 288 g/mol. The van der Waals surface area contributed by atoms with Gasteiger partial charge in [-0.2, -0.15) is 0 Å². The molecular formula is C11H18BrN3O. The summed E-state index contributed by atoms with van der Waals surface area (Å²) in [5, 5.41) is 2.43. The maximum absolute atomic E-state index is 10.7. The van der Waals surface area contributed by atoms with Crippen LogP contribution in [0, 0.1) is 0 Å². The van der Waals surface area contributed by atoms with Crippen molar-refractivity contribution in [3.05, 3.63) is 36.1 Å². The van der Waals surface area contributed by atoms with Gasteiger partial charge in [0.25, 0.3) is 0 Å². The number of allylic oxidation sites excluding steroid dienone is 4. The summed E-state index contributed by atoms with van der Waals surface area (Å²) in [4.78, 5) is 10.7. The number of nitrogens with two attached hydrogens (primary N) is 1. The van der Waals surface area contributed by atoms with E-state index >= 15 is 0 Å². The summed E-state index contributed by atoms with van der Waals surface area (Å²) in [5.41, 5.74) is 4.06. The second kappa shape index (κ2) is 6.50. The van der Waals surface area contributed by atoms with Crippen LogP contribution in [0.5, 0.6) is 0 Å². The number of rotatable bonds is 4. The summed E-state index contributed by atoms with van der Waals surface area (Å²) < 4.78 is -0.229. The number of hydrazine groups is 1. The molecule has 4 nitrogen and oxygen atoms in total. The molecule has 0 spiro atoms. The van der Waals surface area contributed by atoms with Gasteiger partial charge in [0.05, 0.1) is 4.32 Å². The minimum atomic E-state index is -0.455. The predicted molar refractivity (Wildman–Crippen MR) is 70.9 cm³/mol. The van der Waals surface area contributed by atoms with Crippen molar-refractivity contribution in [2.24, 2.45) is 5.84 Å². The molecule has 0 aromatic heterocycles. The zero-order valence-electron chi connectivity index (χ0n) is 9.80. The standard InChI is InChI=1S/C11H18BrN3O/c1-8(2)11(4,12)9(3)6-5-7-14-10(16)15-13/h5-7H,1,13H2,2-4H3,(H2,14,15,16)/b7-5+,9-6+. The van der Waals surface area contributed by atoms with Crippen LogP contribution in [0.25, 0.3) is 0 Å². The molecule has 0 aliphatic heterocycles. The van der Waals surface area contributed by atoms with Crippen molar-refractivity contribution in [2.75, 3.05) is 0 Å². The molecule has 0 saturated heterocycles. The van der Waals surface area contributed by atoms with E-state index in [1.165, 1.54) is 6.20 Å². The number of carbonyl (C=O) groups is 1. The zero-order valence-corrected chi connectivity index (χ0v) is 11.4. The summed E-state index contributed by atoms with van der Waals surface area (Å²) >= 11 is 3.59. The normalized spacial score (nSPS) is 15.7. The number of amides is 2. The molecule has 1 atom stereocenters. The van der Waals surface area contributed by atoms with E-state index in [1.807, 2.05) is 32.3 Å². The van der Waals surface area contributed by atoms with Crippen molar-refractivity contribution in [3.63, 3.8) is 0 Å². The SMILES string of the molecule is C=C(C)C(C)(Br)/C(C)=C/C=C/NC(=O)NN. The third-order valence-corrected chi connectivity index (χ3v) is 3.63. The molecule has 0 aliphatic rings. The Morgan fingerprint density at radius 3 is 2.50 bits per heavy atom. The first-order valence-corrected chi connectivity index (χ1v) is 5.57. The molecule has 1 unspecified atom stereocenters. The van der Waals surface area contributed by atoms with Crippen molar-refractivity contribution >= 4 is 22.0 Å². The second-order valence-electron chi connectivity index (χ2n) is 3.61. The molecule has 90 valence electrons. The monoisotopic (exact) mass is 287 g/mol. The molecule has 0 aromatic rings. The molecule has 0 saturated carbocycles. The van der Waals surface area contributed by atoms with Crippen LogP contribution in [0.2, 0.25) is 0 Å². The molecule has 0 aromatic carbocycles. The Balaban J connectivity index is 4.45. The summed E-state index contributed by atoms with van der Waals surface area (Å²) in [6, 6.07) is -0.455. The van der Waals surface area contributed by atoms with Crippen molar-refractivity contribution < 1.29 is 4.79 Å². The van der Waals surface area contributed by atoms with Gasteiger partial charge in [0, 0.05) is 6.20 Å². The van der Waals surface area contributed by atoms with Crippen molar-refractivity contribution in [1.29, 1.82) is 0 Å². The van der Waals surface area contributed by atoms with Gasteiger partial charge in [-0.3, -0.25) is 5.43 Å². The summed E-state index contributed by atoms with van der Waals surface area (Å²) in [7, 11) is 0. The summed E-state index contributed by atoms with van der Waals surface area (Å²) in [6.45, 7) is 9.87. The van der Waals surface area contributed by atoms with Crippen LogP contribution in [-0.2, 0) is 0 Å². The molecule has 0 aliphatic carbocycles. The minimum absolute atomic E-state index is 0.229. The molecule has 0 radical (unpaired) electrons. The van der Waals surface area contributed by atoms with Gasteiger partial charge >= 0.3 is 6.03 Å². The molecule has 0 rings (SSSR count). The molecule has 2 amide bonds. The Morgan fingerprint density at radius 1 is 1.50 bits per heavy atom. The fraction of sp³-hybridized carbons (Fsp3) is 0.364. The molecule has 0 fully saturated rings. The lowest BCUT2D eigenvalue weighted by atomic mass is 9.95. The van der Waals surface area contributed by atoms with Gasteiger partial charge in [0.1, 0.15) is 0 Å². The van der Waals surface area contributed by atoms with Gasteiger partial charge in [0.2, 0.25) is 0 Å². The highest BCUT2D eigenvalue weighted by Gasteiger charge is 2.22. The van der Waals surface area contributed by atoms with Gasteiger partial charge in [-0.15, -0.1) is 0 Å². The van der Waals surface area contributed by atoms with E-state index in [4.69, 9.17) is 5.84 Å². The quantitative estimate of drug-likeness (QED) is 0.186. The van der Waals surface area contributed by atoms with Gasteiger partial charge < -0.3 is 5.32 Å². The number of hydrogen-bond acceptors (Lipinski definition) is 2. The van der Waals surface area contributed by atoms with E-state index in [0.717, 1.165) is 11.1 Å². The maximum Gasteiger partial charge on any atom is 0.332 e. The lowest BCUT2D eigenvalue weighted by Crippen LogP contribution is -2.37. The van der Waals surface area contributed by atoms with E-state index in [1.54, 1.807) is 6.08 Å². The number of hydrogen-bond donors (Lipinski definition) is 3. The lowest BCUT2D eigenvalue weighted by Gasteiger charge is -2.23. The van der Waals surface area contributed by atoms with Crippen LogP contribution < -0.4 is 16.6 Å². The number of carbonyl (C=O) groups excluding carboxylic acids is 1. The first-order chi connectivity index (χ1) is 7.32. The zero-order chi connectivity index (χ0) is 12.8. The van der Waals surface area contributed by atoms with E-state index in [2.05, 4.69) is 27.8 Å². The molecular weight excluding hydrogens is 270 g/mol. The summed E-state index contributed by atoms with van der Waals surface area (Å²) in [6.07, 6.45) is 5.13. The minimum Gasteiger partial charge on any atom is -0.314 e. The highest BCUT2D eigenvalue weighted by Crippen LogP contribution is 2.33. The van der Waals surface area contributed by atoms with Crippen LogP contribution in [-0.4, -0.2) is 10.4 Å². The average Bonchev–Trinajstić information content (AvgIpc) is 2.23. The van der Waals surface area contributed by atoms with Crippen molar-refractivity contribution in [2.45, 2.75) is 25.1 Å². The van der Waals surface area contributed by atoms with Crippen molar-refractivity contribution in [3.8, 4) is 0 Å². The number of nitrogens with one attached hydrogen (secondary N) is 2. The number of urea groups is 1. The van der Waals surface area contributed by atoms with Gasteiger partial charge in [-0.05, 0) is 26.8 Å². The van der Waals surface area contributed by atoms with Gasteiger partial charge in [0.15, 0.2) is 0 Å². The Hall–Kier alpha value is -1.07. The predicted octanol–water partition coefficient (Wildman–Crippen LogP) is 2.35. The van der Waals surface area contributed by atoms with E-state index in [0.29, 0.717) is 0 Å². The van der Waals surface area contributed by atoms with Crippen LogP contribution in [0.4, 0.5) is 4.79 Å². The van der Waals surface area contributed by atoms with Gasteiger partial charge in [-0.25, -0.2) is 10.6 Å². The fourth-order valence-electron chi connectivity index (χ4n) is 0.851. The molecule has 5 heteroatoms. The van der Waals surface area contributed by atoms with Crippen molar-refractivity contribution in [1.82, 2.24) is 10.7 Å². The largest absolute Gasteiger partial charge is 0.332 e. The molecule has 0 bridgehead atoms. The third-order valence-electron chi connectivity index (χ3n) is 2.33. The van der Waals surface area contributed by atoms with E-state index in [-0.39, 0.29) is 4.32 Å². The van der Waals surface area contributed by atoms with Crippen LogP contribution in [0.1, 0.15) is 20.8 Å². The van der Waals surface area contributed by atoms with Crippen LogP contribution >= 0.6 is 15.9 Å². The summed E-state index contributed by atoms with van der Waals surface area (Å²) in [5.74, 6) is 4.89. The Bertz CT molecular complexity index is 332. The molecule has 0 heterocycles. The molecule has 16 heavy (non-hydrogen) atoms. The Kier molecular flexibility index (Phi) is 6.06. The Morgan fingerprint density at radius 2 is 2.06 bits per heavy atom. The molecule has 4 N–H and O–H groups in total. The van der Waals surface area contributed by atoms with Gasteiger partial charge in [-0.1, -0.05) is 39.7 Å². The highest BCUT2D eigenvalue weighted by atomic mass is 79.9. The third kappa shape index (κ3) is 4.63. The first kappa shape index (κ1) is 14.9. The Labute approximate surface area is 105 Å². The topological polar surface area (TPSA) is 67.2 Å². The smallest absolute Gasteiger partial charge is 0.314 e. The highest BCUT2D eigenvalue weighted by molar-refractivity contribution is 9.10. The number of halogens is 1. The van der Waals surface area contributed by atoms with Crippen LogP contribution in [0.15, 0.2) is 36.1 Å². The second-order valence-corrected chi connectivity index (χ2v) is 5.20. The number of alkyl halides is 1. The maximum atomic E-state index is 10.7. The first-order valence-electron chi connectivity index (χ1n) is 4.78. The van der Waals surface area contributed by atoms with E-state index in [9.17, 15) is 4.79 Å². The van der Waals surface area contributed by atoms with E-state index < -0.39 is 6.03 Å². The lowest BCUT2D eigenvalue weighted by molar-refractivity contribution is 0.244.